The van der Waals surface area contributed by atoms with Gasteiger partial charge >= 0.3 is 0 Å². The minimum absolute atomic E-state index is 0.180. The molecule has 1 aliphatic rings. The Bertz CT molecular complexity index is 433. The number of carbonyl (C=O) groups excluding carboxylic acids is 1. The van der Waals surface area contributed by atoms with Crippen LogP contribution in [0.25, 0.3) is 0 Å². The van der Waals surface area contributed by atoms with E-state index in [4.69, 9.17) is 16.3 Å². The number of amides is 1. The number of halogens is 2. The van der Waals surface area contributed by atoms with Crippen molar-refractivity contribution in [3.05, 3.63) is 29.6 Å². The van der Waals surface area contributed by atoms with Crippen molar-refractivity contribution in [3.63, 3.8) is 0 Å². The molecule has 18 heavy (non-hydrogen) atoms. The molecule has 1 aromatic carbocycles. The van der Waals surface area contributed by atoms with E-state index in [-0.39, 0.29) is 11.6 Å². The number of hydrogen-bond donors (Lipinski definition) is 1. The molecule has 1 aromatic rings. The molecule has 1 aliphatic heterocycles. The lowest BCUT2D eigenvalue weighted by atomic mass is 9.91. The van der Waals surface area contributed by atoms with Crippen molar-refractivity contribution in [3.8, 4) is 0 Å². The third-order valence-corrected chi connectivity index (χ3v) is 3.32. The quantitative estimate of drug-likeness (QED) is 0.859. The van der Waals surface area contributed by atoms with E-state index in [0.29, 0.717) is 5.92 Å². The first-order valence-corrected chi connectivity index (χ1v) is 6.47. The van der Waals surface area contributed by atoms with Crippen molar-refractivity contribution < 1.29 is 13.9 Å². The van der Waals surface area contributed by atoms with Crippen LogP contribution in [0, 0.1) is 5.82 Å². The van der Waals surface area contributed by atoms with Crippen LogP contribution in [0.2, 0.25) is 0 Å². The molecule has 2 rings (SSSR count). The molecule has 1 heterocycles. The monoisotopic (exact) mass is 271 g/mol. The summed E-state index contributed by atoms with van der Waals surface area (Å²) in [7, 11) is 0. The summed E-state index contributed by atoms with van der Waals surface area (Å²) in [5.74, 6) is -0.657. The van der Waals surface area contributed by atoms with Gasteiger partial charge in [-0.1, -0.05) is 6.07 Å². The van der Waals surface area contributed by atoms with E-state index in [1.165, 1.54) is 6.07 Å². The van der Waals surface area contributed by atoms with Crippen molar-refractivity contribution >= 4 is 23.2 Å². The highest BCUT2D eigenvalue weighted by Crippen LogP contribution is 2.29. The van der Waals surface area contributed by atoms with E-state index in [9.17, 15) is 9.18 Å². The van der Waals surface area contributed by atoms with E-state index < -0.39 is 11.7 Å². The van der Waals surface area contributed by atoms with E-state index >= 15 is 0 Å². The van der Waals surface area contributed by atoms with Gasteiger partial charge in [0.15, 0.2) is 0 Å². The second-order valence-corrected chi connectivity index (χ2v) is 4.57. The van der Waals surface area contributed by atoms with Gasteiger partial charge in [0.1, 0.15) is 11.7 Å². The second-order valence-electron chi connectivity index (χ2n) is 4.31. The van der Waals surface area contributed by atoms with Crippen LogP contribution in [0.1, 0.15) is 24.3 Å². The van der Waals surface area contributed by atoms with Crippen LogP contribution in [0.4, 0.5) is 10.1 Å². The van der Waals surface area contributed by atoms with E-state index in [0.717, 1.165) is 31.6 Å². The Morgan fingerprint density at radius 1 is 1.44 bits per heavy atom. The molecule has 0 spiro atoms. The van der Waals surface area contributed by atoms with Crippen LogP contribution in [-0.4, -0.2) is 25.0 Å². The Balaban J connectivity index is 2.16. The minimum atomic E-state index is -0.440. The molecular weight excluding hydrogens is 257 g/mol. The maximum absolute atomic E-state index is 13.6. The molecule has 0 aliphatic carbocycles. The fourth-order valence-electron chi connectivity index (χ4n) is 2.11. The number of anilines is 1. The van der Waals surface area contributed by atoms with Crippen LogP contribution in [0.5, 0.6) is 0 Å². The van der Waals surface area contributed by atoms with Gasteiger partial charge in [-0.25, -0.2) is 4.39 Å². The van der Waals surface area contributed by atoms with E-state index in [1.54, 1.807) is 12.1 Å². The third kappa shape index (κ3) is 3.21. The van der Waals surface area contributed by atoms with Gasteiger partial charge in [-0.15, -0.1) is 11.6 Å². The molecule has 1 fully saturated rings. The highest BCUT2D eigenvalue weighted by Gasteiger charge is 2.17. The van der Waals surface area contributed by atoms with Crippen LogP contribution < -0.4 is 5.32 Å². The van der Waals surface area contributed by atoms with Crippen LogP contribution in [-0.2, 0) is 9.53 Å². The van der Waals surface area contributed by atoms with Crippen molar-refractivity contribution in [1.82, 2.24) is 0 Å². The summed E-state index contributed by atoms with van der Waals surface area (Å²) in [6.07, 6.45) is 1.85. The molecule has 5 heteroatoms. The average Bonchev–Trinajstić information content (AvgIpc) is 2.42. The molecule has 1 N–H and O–H groups in total. The summed E-state index contributed by atoms with van der Waals surface area (Å²) >= 11 is 5.39. The summed E-state index contributed by atoms with van der Waals surface area (Å²) in [5.41, 5.74) is 1.23. The van der Waals surface area contributed by atoms with Gasteiger partial charge in [0, 0.05) is 13.2 Å². The second kappa shape index (κ2) is 6.16. The Labute approximate surface area is 110 Å². The van der Waals surface area contributed by atoms with Crippen LogP contribution >= 0.6 is 11.6 Å². The summed E-state index contributed by atoms with van der Waals surface area (Å²) in [6.45, 7) is 1.46. The molecule has 0 atom stereocenters. The molecule has 3 nitrogen and oxygen atoms in total. The molecule has 0 aromatic heterocycles. The Kier molecular flexibility index (Phi) is 4.55. The normalized spacial score (nSPS) is 16.6. The molecular formula is C13H15ClFNO2. The lowest BCUT2D eigenvalue weighted by Gasteiger charge is -2.23. The zero-order chi connectivity index (χ0) is 13.0. The van der Waals surface area contributed by atoms with Crippen molar-refractivity contribution in [1.29, 1.82) is 0 Å². The largest absolute Gasteiger partial charge is 0.381 e. The number of carbonyl (C=O) groups is 1. The van der Waals surface area contributed by atoms with Gasteiger partial charge in [0.25, 0.3) is 0 Å². The molecule has 0 saturated carbocycles. The predicted octanol–water partition coefficient (Wildman–Crippen LogP) is 2.90. The van der Waals surface area contributed by atoms with Gasteiger partial charge in [0.2, 0.25) is 5.91 Å². The van der Waals surface area contributed by atoms with Gasteiger partial charge in [-0.3, -0.25) is 4.79 Å². The first kappa shape index (κ1) is 13.3. The maximum Gasteiger partial charge on any atom is 0.239 e. The van der Waals surface area contributed by atoms with Gasteiger partial charge in [-0.2, -0.15) is 0 Å². The summed E-state index contributed by atoms with van der Waals surface area (Å²) in [4.78, 5) is 11.2. The third-order valence-electron chi connectivity index (χ3n) is 3.08. The zero-order valence-electron chi connectivity index (χ0n) is 9.92. The van der Waals surface area contributed by atoms with Gasteiger partial charge < -0.3 is 10.1 Å². The average molecular weight is 272 g/mol. The summed E-state index contributed by atoms with van der Waals surface area (Å²) in [5, 5.41) is 2.46. The predicted molar refractivity (Wildman–Crippen MR) is 68.5 cm³/mol. The van der Waals surface area contributed by atoms with Crippen LogP contribution in [0.3, 0.4) is 0 Å². The molecule has 0 radical (unpaired) electrons. The lowest BCUT2D eigenvalue weighted by molar-refractivity contribution is -0.113. The molecule has 0 bridgehead atoms. The highest BCUT2D eigenvalue weighted by molar-refractivity contribution is 6.29. The van der Waals surface area contributed by atoms with Gasteiger partial charge in [-0.05, 0) is 36.5 Å². The van der Waals surface area contributed by atoms with Crippen molar-refractivity contribution in [2.24, 2.45) is 0 Å². The van der Waals surface area contributed by atoms with Crippen molar-refractivity contribution in [2.45, 2.75) is 18.8 Å². The van der Waals surface area contributed by atoms with Crippen molar-refractivity contribution in [2.75, 3.05) is 24.4 Å². The molecule has 1 saturated heterocycles. The molecule has 0 unspecified atom stereocenters. The fraction of sp³-hybridized carbons (Fsp3) is 0.462. The summed E-state index contributed by atoms with van der Waals surface area (Å²) < 4.78 is 18.8. The SMILES string of the molecule is O=C(CCl)Nc1cc(C2CCOCC2)ccc1F. The van der Waals surface area contributed by atoms with E-state index in [1.807, 2.05) is 0 Å². The zero-order valence-corrected chi connectivity index (χ0v) is 10.7. The number of ether oxygens (including phenoxy) is 1. The number of benzene rings is 1. The topological polar surface area (TPSA) is 38.3 Å². The Hall–Kier alpha value is -1.13. The number of rotatable bonds is 3. The molecule has 98 valence electrons. The number of nitrogens with one attached hydrogen (secondary N) is 1. The standard InChI is InChI=1S/C13H15ClFNO2/c14-8-13(17)16-12-7-10(1-2-11(12)15)9-3-5-18-6-4-9/h1-2,7,9H,3-6,8H2,(H,16,17). The first-order chi connectivity index (χ1) is 8.70. The van der Waals surface area contributed by atoms with Gasteiger partial charge in [0.05, 0.1) is 5.69 Å². The Morgan fingerprint density at radius 3 is 2.83 bits per heavy atom. The van der Waals surface area contributed by atoms with Crippen LogP contribution in [0.15, 0.2) is 18.2 Å². The molecule has 1 amide bonds. The fourth-order valence-corrected chi connectivity index (χ4v) is 2.17. The number of alkyl halides is 1. The first-order valence-electron chi connectivity index (χ1n) is 5.93. The lowest BCUT2D eigenvalue weighted by Crippen LogP contribution is -2.16. The summed E-state index contributed by atoms with van der Waals surface area (Å²) in [6, 6.07) is 4.84. The van der Waals surface area contributed by atoms with E-state index in [2.05, 4.69) is 5.32 Å². The highest BCUT2D eigenvalue weighted by atomic mass is 35.5. The number of hydrogen-bond acceptors (Lipinski definition) is 2. The Morgan fingerprint density at radius 2 is 2.17 bits per heavy atom. The maximum atomic E-state index is 13.6. The minimum Gasteiger partial charge on any atom is -0.381 e. The smallest absolute Gasteiger partial charge is 0.239 e.